The van der Waals surface area contributed by atoms with Crippen molar-refractivity contribution >= 4 is 89.7 Å². The minimum Gasteiger partial charge on any atom is -0.443 e. The van der Waals surface area contributed by atoms with Gasteiger partial charge in [0.05, 0.1) is 45.1 Å². The van der Waals surface area contributed by atoms with Crippen molar-refractivity contribution in [2.45, 2.75) is 58.1 Å². The number of carbonyl (C=O) groups is 1. The predicted molar refractivity (Wildman–Crippen MR) is 192 cm³/mol. The van der Waals surface area contributed by atoms with Crippen molar-refractivity contribution in [1.82, 2.24) is 39.2 Å². The molecule has 0 radical (unpaired) electrons. The smallest absolute Gasteiger partial charge is 0.420 e. The van der Waals surface area contributed by atoms with Crippen LogP contribution >= 0.6 is 43.5 Å². The standard InChI is InChI=1S/C16H15BrClN5O2.C16H17BrN6/c1-16(2,3)25-15(24)22(10-5-4-6-19-8-10)13-7-12(18)21-14-11(17)9-20-23(13)14;17-13-10-19-23-15(21-12-6-3-7-18-9-12)8-14(22-16(13)23)20-11-4-1-2-5-11/h4-9H,1-3H3;3,6-11,21H,1-2,4-5H2,(H,20,22). The summed E-state index contributed by atoms with van der Waals surface area (Å²) in [5.74, 6) is 2.12. The molecule has 6 aromatic heterocycles. The van der Waals surface area contributed by atoms with Gasteiger partial charge in [-0.3, -0.25) is 9.97 Å². The fourth-order valence-corrected chi connectivity index (χ4v) is 6.01. The molecule has 1 fully saturated rings. The molecule has 1 aliphatic rings. The molecule has 1 aliphatic carbocycles. The van der Waals surface area contributed by atoms with Crippen molar-refractivity contribution in [1.29, 1.82) is 0 Å². The fraction of sp³-hybridized carbons (Fsp3) is 0.281. The normalized spacial score (nSPS) is 13.3. The van der Waals surface area contributed by atoms with Gasteiger partial charge in [-0.05, 0) is 89.7 Å². The first-order chi connectivity index (χ1) is 23.1. The maximum Gasteiger partial charge on any atom is 0.420 e. The Bertz CT molecular complexity index is 2030. The monoisotopic (exact) mass is 795 g/mol. The van der Waals surface area contributed by atoms with E-state index < -0.39 is 11.7 Å². The van der Waals surface area contributed by atoms with E-state index in [1.807, 2.05) is 18.2 Å². The molecule has 13 nitrogen and oxygen atoms in total. The number of aromatic nitrogens is 8. The van der Waals surface area contributed by atoms with Gasteiger partial charge < -0.3 is 15.4 Å². The molecular formula is C32H32Br2ClN11O2. The molecule has 48 heavy (non-hydrogen) atoms. The largest absolute Gasteiger partial charge is 0.443 e. The lowest BCUT2D eigenvalue weighted by atomic mass is 10.2. The van der Waals surface area contributed by atoms with Crippen molar-refractivity contribution < 1.29 is 9.53 Å². The number of nitrogens with zero attached hydrogens (tertiary/aromatic N) is 9. The van der Waals surface area contributed by atoms with Crippen molar-refractivity contribution in [3.05, 3.63) is 87.7 Å². The van der Waals surface area contributed by atoms with E-state index in [2.05, 4.69) is 72.6 Å². The van der Waals surface area contributed by atoms with E-state index in [0.717, 1.165) is 27.4 Å². The highest BCUT2D eigenvalue weighted by molar-refractivity contribution is 9.11. The zero-order valence-corrected chi connectivity index (χ0v) is 30.2. The Morgan fingerprint density at radius 2 is 1.60 bits per heavy atom. The van der Waals surface area contributed by atoms with Gasteiger partial charge in [0.1, 0.15) is 28.2 Å². The van der Waals surface area contributed by atoms with Crippen LogP contribution in [0.5, 0.6) is 0 Å². The molecule has 1 saturated carbocycles. The number of halogens is 3. The number of hydrogen-bond acceptors (Lipinski definition) is 10. The van der Waals surface area contributed by atoms with Gasteiger partial charge in [-0.2, -0.15) is 19.2 Å². The minimum atomic E-state index is -0.668. The first-order valence-electron chi connectivity index (χ1n) is 15.2. The molecular weight excluding hydrogens is 766 g/mol. The Hall–Kier alpha value is -4.34. The van der Waals surface area contributed by atoms with E-state index in [4.69, 9.17) is 16.3 Å². The predicted octanol–water partition coefficient (Wildman–Crippen LogP) is 8.60. The summed E-state index contributed by atoms with van der Waals surface area (Å²) in [6.45, 7) is 5.39. The number of anilines is 5. The van der Waals surface area contributed by atoms with Gasteiger partial charge in [0.25, 0.3) is 0 Å². The van der Waals surface area contributed by atoms with E-state index >= 15 is 0 Å². The number of amides is 1. The van der Waals surface area contributed by atoms with Crippen LogP contribution in [0.2, 0.25) is 5.15 Å². The Morgan fingerprint density at radius 3 is 2.25 bits per heavy atom. The van der Waals surface area contributed by atoms with Gasteiger partial charge in [0, 0.05) is 30.6 Å². The van der Waals surface area contributed by atoms with Crippen molar-refractivity contribution in [3.8, 4) is 0 Å². The number of hydrogen-bond donors (Lipinski definition) is 2. The van der Waals surface area contributed by atoms with E-state index in [1.54, 1.807) is 80.7 Å². The number of carbonyl (C=O) groups excluding carboxylic acids is 1. The summed E-state index contributed by atoms with van der Waals surface area (Å²) in [6, 6.07) is 11.4. The molecule has 6 aromatic rings. The molecule has 248 valence electrons. The Balaban J connectivity index is 0.000000168. The zero-order chi connectivity index (χ0) is 33.8. The van der Waals surface area contributed by atoms with Gasteiger partial charge in [0.15, 0.2) is 11.3 Å². The second kappa shape index (κ2) is 14.4. The van der Waals surface area contributed by atoms with Crippen LogP contribution in [0.1, 0.15) is 46.5 Å². The van der Waals surface area contributed by atoms with Gasteiger partial charge in [-0.15, -0.1) is 0 Å². The number of nitrogens with one attached hydrogen (secondary N) is 2. The first kappa shape index (κ1) is 33.6. The number of ether oxygens (including phenoxy) is 1. The fourth-order valence-electron chi connectivity index (χ4n) is 5.14. The second-order valence-corrected chi connectivity index (χ2v) is 14.0. The van der Waals surface area contributed by atoms with Crippen LogP contribution in [0.25, 0.3) is 11.3 Å². The third kappa shape index (κ3) is 7.85. The summed E-state index contributed by atoms with van der Waals surface area (Å²) in [5.41, 5.74) is 2.04. The summed E-state index contributed by atoms with van der Waals surface area (Å²) in [5, 5.41) is 15.8. The topological polar surface area (TPSA) is 140 Å². The van der Waals surface area contributed by atoms with Crippen molar-refractivity contribution in [3.63, 3.8) is 0 Å². The minimum absolute atomic E-state index is 0.223. The van der Waals surface area contributed by atoms with Crippen molar-refractivity contribution in [2.24, 2.45) is 0 Å². The van der Waals surface area contributed by atoms with E-state index in [1.165, 1.54) is 35.1 Å². The van der Waals surface area contributed by atoms with E-state index in [-0.39, 0.29) is 5.15 Å². The number of pyridine rings is 2. The molecule has 0 unspecified atom stereocenters. The molecule has 6 heterocycles. The van der Waals surface area contributed by atoms with Crippen LogP contribution in [-0.2, 0) is 4.74 Å². The lowest BCUT2D eigenvalue weighted by Crippen LogP contribution is -2.35. The highest BCUT2D eigenvalue weighted by Gasteiger charge is 2.28. The van der Waals surface area contributed by atoms with Crippen LogP contribution in [0.4, 0.5) is 33.6 Å². The third-order valence-electron chi connectivity index (χ3n) is 7.16. The molecule has 0 saturated heterocycles. The highest BCUT2D eigenvalue weighted by Crippen LogP contribution is 2.31. The van der Waals surface area contributed by atoms with E-state index in [0.29, 0.717) is 27.7 Å². The Morgan fingerprint density at radius 1 is 0.938 bits per heavy atom. The molecule has 0 atom stereocenters. The summed E-state index contributed by atoms with van der Waals surface area (Å²) in [4.78, 5) is 31.4. The van der Waals surface area contributed by atoms with Crippen molar-refractivity contribution in [2.75, 3.05) is 15.5 Å². The molecule has 1 amide bonds. The quantitative estimate of drug-likeness (QED) is 0.158. The molecule has 2 N–H and O–H groups in total. The summed E-state index contributed by atoms with van der Waals surface area (Å²) in [7, 11) is 0. The third-order valence-corrected chi connectivity index (χ3v) is 8.47. The molecule has 0 spiro atoms. The molecule has 7 rings (SSSR count). The molecule has 0 bridgehead atoms. The SMILES string of the molecule is Brc1cnn2c(Nc3cccnc3)cc(NC3CCCC3)nc12.CC(C)(C)OC(=O)N(c1cccnc1)c1cc(Cl)nc2c(Br)cnn12. The molecule has 16 heteroatoms. The second-order valence-electron chi connectivity index (χ2n) is 11.9. The Kier molecular flexibility index (Phi) is 10.1. The average molecular weight is 798 g/mol. The number of rotatable bonds is 6. The average Bonchev–Trinajstić information content (AvgIpc) is 3.79. The maximum absolute atomic E-state index is 12.9. The molecule has 0 aliphatic heterocycles. The van der Waals surface area contributed by atoms with Gasteiger partial charge in [-0.1, -0.05) is 24.4 Å². The van der Waals surface area contributed by atoms with Crippen LogP contribution in [0, 0.1) is 0 Å². The first-order valence-corrected chi connectivity index (χ1v) is 17.1. The maximum atomic E-state index is 12.9. The van der Waals surface area contributed by atoms with Crippen LogP contribution in [-0.4, -0.2) is 56.9 Å². The van der Waals surface area contributed by atoms with Crippen LogP contribution < -0.4 is 15.5 Å². The summed E-state index contributed by atoms with van der Waals surface area (Å²) < 4.78 is 10.4. The van der Waals surface area contributed by atoms with Crippen LogP contribution in [0.15, 0.2) is 82.5 Å². The van der Waals surface area contributed by atoms with Crippen LogP contribution in [0.3, 0.4) is 0 Å². The lowest BCUT2D eigenvalue weighted by Gasteiger charge is -2.27. The van der Waals surface area contributed by atoms with E-state index in [9.17, 15) is 4.79 Å². The van der Waals surface area contributed by atoms with Gasteiger partial charge >= 0.3 is 6.09 Å². The zero-order valence-electron chi connectivity index (χ0n) is 26.3. The number of fused-ring (bicyclic) bond motifs is 2. The van der Waals surface area contributed by atoms with Gasteiger partial charge in [-0.25, -0.2) is 19.7 Å². The highest BCUT2D eigenvalue weighted by atomic mass is 79.9. The Labute approximate surface area is 298 Å². The molecule has 0 aromatic carbocycles. The summed E-state index contributed by atoms with van der Waals surface area (Å²) in [6.07, 6.45) is 14.5. The van der Waals surface area contributed by atoms with Gasteiger partial charge in [0.2, 0.25) is 0 Å². The lowest BCUT2D eigenvalue weighted by molar-refractivity contribution is 0.0597. The summed E-state index contributed by atoms with van der Waals surface area (Å²) >= 11 is 13.0.